The third-order valence-corrected chi connectivity index (χ3v) is 0.615. The summed E-state index contributed by atoms with van der Waals surface area (Å²) in [6, 6.07) is 0. The maximum Gasteiger partial charge on any atom is 1.00 e. The molecule has 0 atom stereocenters. The van der Waals surface area contributed by atoms with Crippen LogP contribution in [-0.2, 0) is 9.53 Å². The Bertz CT molecular complexity index is 55.2. The Labute approximate surface area is 71.8 Å². The second-order valence-electron chi connectivity index (χ2n) is 0.734. The molecule has 0 saturated carbocycles. The number of hydrogen-bond donors (Lipinski definition) is 1. The Morgan fingerprint density at radius 3 is 2.43 bits per heavy atom. The number of esters is 1. The molecule has 0 spiro atoms. The van der Waals surface area contributed by atoms with E-state index in [4.69, 9.17) is 0 Å². The van der Waals surface area contributed by atoms with Gasteiger partial charge in [0.2, 0.25) is 0 Å². The zero-order chi connectivity index (χ0) is 4.99. The van der Waals surface area contributed by atoms with Crippen LogP contribution in [0.3, 0.4) is 0 Å². The molecule has 0 aliphatic carbocycles. The summed E-state index contributed by atoms with van der Waals surface area (Å²) in [5.41, 5.74) is 0. The van der Waals surface area contributed by atoms with Gasteiger partial charge in [-0.25, -0.2) is 0 Å². The number of ether oxygens (including phenoxy) is 1. The van der Waals surface area contributed by atoms with Gasteiger partial charge in [-0.3, -0.25) is 4.79 Å². The van der Waals surface area contributed by atoms with Gasteiger partial charge >= 0.3 is 35.5 Å². The van der Waals surface area contributed by atoms with E-state index in [-0.39, 0.29) is 42.7 Å². The summed E-state index contributed by atoms with van der Waals surface area (Å²) < 4.78 is 4.18. The van der Waals surface area contributed by atoms with Gasteiger partial charge in [0.15, 0.2) is 0 Å². The van der Waals surface area contributed by atoms with Crippen molar-refractivity contribution in [3.63, 3.8) is 0 Å². The number of thiol groups is 1. The van der Waals surface area contributed by atoms with Gasteiger partial charge in [-0.15, -0.1) is 0 Å². The fourth-order valence-corrected chi connectivity index (χ4v) is 0.194. The first-order chi connectivity index (χ1) is 2.81. The first-order valence-corrected chi connectivity index (χ1v) is 2.12. The molecule has 0 rings (SSSR count). The fourth-order valence-electron chi connectivity index (χ4n) is 0.0645. The molecule has 38 valence electrons. The minimum atomic E-state index is -0.293. The summed E-state index contributed by atoms with van der Waals surface area (Å²) >= 11 is 3.62. The summed E-state index contributed by atoms with van der Waals surface area (Å²) in [4.78, 5) is 9.88. The summed E-state index contributed by atoms with van der Waals surface area (Å²) in [5, 5.41) is 0. The molecule has 7 heavy (non-hydrogen) atoms. The van der Waals surface area contributed by atoms with Crippen molar-refractivity contribution >= 4 is 18.6 Å². The van der Waals surface area contributed by atoms with Gasteiger partial charge in [0.25, 0.3) is 0 Å². The normalized spacial score (nSPS) is 6.57. The summed E-state index contributed by atoms with van der Waals surface area (Å²) in [7, 11) is 1.33. The third kappa shape index (κ3) is 6.82. The first kappa shape index (κ1) is 10.7. The third-order valence-electron chi connectivity index (χ3n) is 0.357. The monoisotopic (exact) mass is 130 g/mol. The van der Waals surface area contributed by atoms with Crippen LogP contribution in [0.4, 0.5) is 0 Å². The molecule has 0 aromatic rings. The van der Waals surface area contributed by atoms with Crippen LogP contribution < -0.4 is 29.6 Å². The SMILES string of the molecule is COC(=O)CS.[H-].[Na+]. The van der Waals surface area contributed by atoms with Gasteiger partial charge in [0.05, 0.1) is 12.9 Å². The van der Waals surface area contributed by atoms with E-state index in [1.165, 1.54) is 7.11 Å². The fraction of sp³-hybridized carbons (Fsp3) is 0.667. The minimum absolute atomic E-state index is 0. The van der Waals surface area contributed by atoms with E-state index in [1.807, 2.05) is 0 Å². The second kappa shape index (κ2) is 6.82. The maximum absolute atomic E-state index is 9.88. The van der Waals surface area contributed by atoms with Crippen LogP contribution in [0, 0.1) is 0 Å². The molecule has 0 aliphatic heterocycles. The molecule has 0 fully saturated rings. The Morgan fingerprint density at radius 2 is 2.43 bits per heavy atom. The van der Waals surface area contributed by atoms with Crippen molar-refractivity contribution in [2.24, 2.45) is 0 Å². The number of hydrogen-bond acceptors (Lipinski definition) is 3. The van der Waals surface area contributed by atoms with E-state index < -0.39 is 0 Å². The molecule has 0 aliphatic rings. The van der Waals surface area contributed by atoms with E-state index in [9.17, 15) is 4.79 Å². The molecule has 0 heterocycles. The Balaban J connectivity index is -0.000000125. The van der Waals surface area contributed by atoms with E-state index >= 15 is 0 Å². The van der Waals surface area contributed by atoms with Gasteiger partial charge in [-0.05, 0) is 0 Å². The smallest absolute Gasteiger partial charge is 1.00 e. The van der Waals surface area contributed by atoms with Crippen LogP contribution >= 0.6 is 12.6 Å². The standard InChI is InChI=1S/C3H6O2S.Na.H/c1-5-3(4)2-6;;/h6H,2H2,1H3;;/q;+1;-1. The van der Waals surface area contributed by atoms with Gasteiger partial charge < -0.3 is 6.16 Å². The first-order valence-electron chi connectivity index (χ1n) is 1.49. The molecule has 0 unspecified atom stereocenters. The minimum Gasteiger partial charge on any atom is -1.00 e. The molecule has 0 radical (unpaired) electrons. The van der Waals surface area contributed by atoms with Crippen LogP contribution in [0.15, 0.2) is 0 Å². The van der Waals surface area contributed by atoms with Crippen molar-refractivity contribution in [3.8, 4) is 0 Å². The number of rotatable bonds is 1. The molecule has 0 aromatic heterocycles. The Hall–Kier alpha value is 0.820. The average Bonchev–Trinajstić information content (AvgIpc) is 1.65. The largest absolute Gasteiger partial charge is 1.00 e. The summed E-state index contributed by atoms with van der Waals surface area (Å²) in [6.45, 7) is 0. The van der Waals surface area contributed by atoms with Crippen molar-refractivity contribution in [2.75, 3.05) is 12.9 Å². The Kier molecular flexibility index (Phi) is 10.5. The van der Waals surface area contributed by atoms with E-state index in [1.54, 1.807) is 0 Å². The van der Waals surface area contributed by atoms with Gasteiger partial charge in [0, 0.05) is 0 Å². The van der Waals surface area contributed by atoms with E-state index in [2.05, 4.69) is 17.4 Å². The van der Waals surface area contributed by atoms with Crippen molar-refractivity contribution in [2.45, 2.75) is 0 Å². The van der Waals surface area contributed by atoms with Crippen LogP contribution in [0.2, 0.25) is 0 Å². The van der Waals surface area contributed by atoms with Gasteiger partial charge in [0.1, 0.15) is 0 Å². The molecule has 0 saturated heterocycles. The molecule has 0 bridgehead atoms. The van der Waals surface area contributed by atoms with Crippen molar-refractivity contribution in [3.05, 3.63) is 0 Å². The molecule has 2 nitrogen and oxygen atoms in total. The van der Waals surface area contributed by atoms with E-state index in [0.29, 0.717) is 0 Å². The van der Waals surface area contributed by atoms with Gasteiger partial charge in [-0.2, -0.15) is 12.6 Å². The summed E-state index contributed by atoms with van der Waals surface area (Å²) in [5.74, 6) is -0.130. The quantitative estimate of drug-likeness (QED) is 0.236. The topological polar surface area (TPSA) is 26.3 Å². The molecular formula is C3H7NaO2S. The predicted octanol–water partition coefficient (Wildman–Crippen LogP) is -2.79. The molecule has 0 amide bonds. The van der Waals surface area contributed by atoms with Crippen LogP contribution in [-0.4, -0.2) is 18.8 Å². The molecule has 0 N–H and O–H groups in total. The number of carbonyl (C=O) groups is 1. The predicted molar refractivity (Wildman–Crippen MR) is 27.0 cm³/mol. The number of carbonyl (C=O) groups excluding carboxylic acids is 1. The van der Waals surface area contributed by atoms with E-state index in [0.717, 1.165) is 0 Å². The summed E-state index contributed by atoms with van der Waals surface area (Å²) in [6.07, 6.45) is 0. The zero-order valence-electron chi connectivity index (χ0n) is 5.47. The molecule has 0 aromatic carbocycles. The van der Waals surface area contributed by atoms with Crippen molar-refractivity contribution < 1.29 is 40.5 Å². The Morgan fingerprint density at radius 1 is 2.00 bits per heavy atom. The van der Waals surface area contributed by atoms with Gasteiger partial charge in [-0.1, -0.05) is 0 Å². The zero-order valence-corrected chi connectivity index (χ0v) is 7.37. The number of methoxy groups -OCH3 is 1. The molecular weight excluding hydrogens is 123 g/mol. The second-order valence-corrected chi connectivity index (χ2v) is 1.05. The van der Waals surface area contributed by atoms with Crippen LogP contribution in [0.5, 0.6) is 0 Å². The molecule has 4 heteroatoms. The van der Waals surface area contributed by atoms with Crippen LogP contribution in [0.1, 0.15) is 1.43 Å². The maximum atomic E-state index is 9.88. The van der Waals surface area contributed by atoms with Crippen LogP contribution in [0.25, 0.3) is 0 Å². The average molecular weight is 130 g/mol. The van der Waals surface area contributed by atoms with Crippen molar-refractivity contribution in [1.82, 2.24) is 0 Å². The van der Waals surface area contributed by atoms with Crippen molar-refractivity contribution in [1.29, 1.82) is 0 Å².